The molecule has 2 rings (SSSR count). The van der Waals surface area contributed by atoms with Crippen LogP contribution in [0.1, 0.15) is 5.56 Å². The number of rotatable bonds is 0. The molecule has 1 unspecified atom stereocenters. The summed E-state index contributed by atoms with van der Waals surface area (Å²) in [6.45, 7) is 0.887. The van der Waals surface area contributed by atoms with Gasteiger partial charge in [-0.1, -0.05) is 18.2 Å². The Morgan fingerprint density at radius 2 is 2.18 bits per heavy atom. The summed E-state index contributed by atoms with van der Waals surface area (Å²) in [5, 5.41) is 3.53. The number of alkyl halides is 1. The topological polar surface area (TPSA) is 12.0 Å². The first kappa shape index (κ1) is 6.99. The van der Waals surface area contributed by atoms with Crippen molar-refractivity contribution in [2.24, 2.45) is 0 Å². The third-order valence-corrected chi connectivity index (χ3v) is 2.28. The van der Waals surface area contributed by atoms with Crippen LogP contribution in [0, 0.1) is 0 Å². The Hall–Kier alpha value is -0.690. The number of benzene rings is 1. The number of fused-ring (bicyclic) bond motifs is 1. The molecule has 0 aromatic heterocycles. The van der Waals surface area contributed by atoms with Gasteiger partial charge in [0.2, 0.25) is 0 Å². The molecule has 2 heteroatoms. The van der Waals surface area contributed by atoms with Crippen LogP contribution in [0.2, 0.25) is 0 Å². The van der Waals surface area contributed by atoms with Crippen LogP contribution in [0.5, 0.6) is 0 Å². The van der Waals surface area contributed by atoms with E-state index in [4.69, 9.17) is 11.6 Å². The maximum Gasteiger partial charge on any atom is 0.0549 e. The fraction of sp³-hybridized carbons (Fsp3) is 0.333. The summed E-state index contributed by atoms with van der Waals surface area (Å²) in [4.78, 5) is 0. The Morgan fingerprint density at radius 3 is 3.09 bits per heavy atom. The van der Waals surface area contributed by atoms with Crippen LogP contribution in [0.3, 0.4) is 0 Å². The van der Waals surface area contributed by atoms with Crippen LogP contribution in [0.15, 0.2) is 24.3 Å². The van der Waals surface area contributed by atoms with Crippen molar-refractivity contribution in [1.29, 1.82) is 0 Å². The fourth-order valence-electron chi connectivity index (χ4n) is 1.40. The first-order valence-corrected chi connectivity index (χ1v) is 4.26. The Morgan fingerprint density at radius 1 is 1.36 bits per heavy atom. The zero-order valence-electron chi connectivity index (χ0n) is 6.18. The summed E-state index contributed by atoms with van der Waals surface area (Å²) in [7, 11) is 0. The molecule has 1 aliphatic heterocycles. The van der Waals surface area contributed by atoms with Crippen molar-refractivity contribution in [3.05, 3.63) is 29.8 Å². The van der Waals surface area contributed by atoms with E-state index in [0.29, 0.717) is 0 Å². The highest BCUT2D eigenvalue weighted by Crippen LogP contribution is 2.22. The molecule has 0 radical (unpaired) electrons. The van der Waals surface area contributed by atoms with Crippen molar-refractivity contribution in [3.8, 4) is 0 Å². The van der Waals surface area contributed by atoms with Gasteiger partial charge in [-0.25, -0.2) is 0 Å². The zero-order valence-corrected chi connectivity index (χ0v) is 6.93. The molecule has 0 spiro atoms. The molecule has 1 aliphatic rings. The van der Waals surface area contributed by atoms with Gasteiger partial charge in [-0.05, 0) is 18.1 Å². The van der Waals surface area contributed by atoms with Crippen LogP contribution < -0.4 is 5.32 Å². The van der Waals surface area contributed by atoms with Crippen LogP contribution in [-0.4, -0.2) is 11.9 Å². The minimum atomic E-state index is 0.255. The van der Waals surface area contributed by atoms with E-state index in [1.165, 1.54) is 11.3 Å². The average Bonchev–Trinajstić information content (AvgIpc) is 2.04. The summed E-state index contributed by atoms with van der Waals surface area (Å²) in [6.07, 6.45) is 0.991. The second-order valence-electron chi connectivity index (χ2n) is 2.84. The van der Waals surface area contributed by atoms with Crippen molar-refractivity contribution < 1.29 is 0 Å². The van der Waals surface area contributed by atoms with Gasteiger partial charge in [0.1, 0.15) is 0 Å². The molecule has 1 N–H and O–H groups in total. The largest absolute Gasteiger partial charge is 0.383 e. The molecule has 1 aromatic rings. The van der Waals surface area contributed by atoms with Crippen molar-refractivity contribution in [1.82, 2.24) is 0 Å². The van der Waals surface area contributed by atoms with Gasteiger partial charge in [0.15, 0.2) is 0 Å². The lowest BCUT2D eigenvalue weighted by molar-refractivity contribution is 0.840. The van der Waals surface area contributed by atoms with Gasteiger partial charge < -0.3 is 5.32 Å². The van der Waals surface area contributed by atoms with Crippen LogP contribution in [0.4, 0.5) is 5.69 Å². The minimum Gasteiger partial charge on any atom is -0.383 e. The van der Waals surface area contributed by atoms with Gasteiger partial charge in [0.05, 0.1) is 5.38 Å². The van der Waals surface area contributed by atoms with E-state index in [1.54, 1.807) is 0 Å². The van der Waals surface area contributed by atoms with Gasteiger partial charge in [0.25, 0.3) is 0 Å². The maximum atomic E-state index is 5.98. The van der Waals surface area contributed by atoms with E-state index >= 15 is 0 Å². The zero-order chi connectivity index (χ0) is 7.68. The van der Waals surface area contributed by atoms with Gasteiger partial charge in [-0.15, -0.1) is 11.6 Å². The monoisotopic (exact) mass is 167 g/mol. The first-order valence-electron chi connectivity index (χ1n) is 3.82. The lowest BCUT2D eigenvalue weighted by Gasteiger charge is -2.21. The molecule has 1 nitrogen and oxygen atoms in total. The summed E-state index contributed by atoms with van der Waals surface area (Å²) < 4.78 is 0. The number of para-hydroxylation sites is 1. The van der Waals surface area contributed by atoms with Crippen LogP contribution in [0.25, 0.3) is 0 Å². The van der Waals surface area contributed by atoms with E-state index in [1.807, 2.05) is 6.07 Å². The van der Waals surface area contributed by atoms with Crippen LogP contribution >= 0.6 is 11.6 Å². The summed E-state index contributed by atoms with van der Waals surface area (Å²) in [5.41, 5.74) is 2.57. The first-order chi connectivity index (χ1) is 5.36. The molecule has 1 heterocycles. The second-order valence-corrected chi connectivity index (χ2v) is 3.46. The van der Waals surface area contributed by atoms with E-state index in [0.717, 1.165) is 13.0 Å². The summed E-state index contributed by atoms with van der Waals surface area (Å²) >= 11 is 5.98. The SMILES string of the molecule is ClC1CNc2ccccc2C1. The summed E-state index contributed by atoms with van der Waals surface area (Å²) in [5.74, 6) is 0. The Kier molecular flexibility index (Phi) is 1.74. The third kappa shape index (κ3) is 1.33. The van der Waals surface area contributed by atoms with E-state index in [2.05, 4.69) is 23.5 Å². The van der Waals surface area contributed by atoms with Crippen LogP contribution in [-0.2, 0) is 6.42 Å². The predicted molar refractivity (Wildman–Crippen MR) is 48.3 cm³/mol. The number of hydrogen-bond donors (Lipinski definition) is 1. The third-order valence-electron chi connectivity index (χ3n) is 1.97. The minimum absolute atomic E-state index is 0.255. The molecule has 0 saturated heterocycles. The highest BCUT2D eigenvalue weighted by Gasteiger charge is 2.14. The normalized spacial score (nSPS) is 22.1. The van der Waals surface area contributed by atoms with E-state index < -0.39 is 0 Å². The quantitative estimate of drug-likeness (QED) is 0.585. The Balaban J connectivity index is 2.34. The molecule has 0 amide bonds. The Bertz CT molecular complexity index is 259. The number of anilines is 1. The molecule has 1 aromatic carbocycles. The lowest BCUT2D eigenvalue weighted by atomic mass is 10.0. The van der Waals surface area contributed by atoms with Crippen molar-refractivity contribution in [3.63, 3.8) is 0 Å². The number of hydrogen-bond acceptors (Lipinski definition) is 1. The number of nitrogens with one attached hydrogen (secondary N) is 1. The molecular weight excluding hydrogens is 158 g/mol. The molecule has 58 valence electrons. The fourth-order valence-corrected chi connectivity index (χ4v) is 1.65. The van der Waals surface area contributed by atoms with Gasteiger partial charge >= 0.3 is 0 Å². The molecule has 0 bridgehead atoms. The highest BCUT2D eigenvalue weighted by atomic mass is 35.5. The highest BCUT2D eigenvalue weighted by molar-refractivity contribution is 6.21. The molecule has 1 atom stereocenters. The van der Waals surface area contributed by atoms with Crippen molar-refractivity contribution >= 4 is 17.3 Å². The van der Waals surface area contributed by atoms with Gasteiger partial charge in [-0.3, -0.25) is 0 Å². The number of halogens is 1. The molecule has 0 saturated carbocycles. The maximum absolute atomic E-state index is 5.98. The predicted octanol–water partition coefficient (Wildman–Crippen LogP) is 2.26. The lowest BCUT2D eigenvalue weighted by Crippen LogP contribution is -2.22. The molecule has 0 aliphatic carbocycles. The molecular formula is C9H10ClN. The standard InChI is InChI=1S/C9H10ClN/c10-8-5-7-3-1-2-4-9(7)11-6-8/h1-4,8,11H,5-6H2. The van der Waals surface area contributed by atoms with Crippen molar-refractivity contribution in [2.45, 2.75) is 11.8 Å². The molecule has 0 fully saturated rings. The smallest absolute Gasteiger partial charge is 0.0549 e. The van der Waals surface area contributed by atoms with Crippen molar-refractivity contribution in [2.75, 3.05) is 11.9 Å². The van der Waals surface area contributed by atoms with E-state index in [9.17, 15) is 0 Å². The Labute approximate surface area is 71.4 Å². The van der Waals surface area contributed by atoms with Gasteiger partial charge in [0, 0.05) is 12.2 Å². The molecule has 11 heavy (non-hydrogen) atoms. The van der Waals surface area contributed by atoms with E-state index in [-0.39, 0.29) is 5.38 Å². The average molecular weight is 168 g/mol. The second kappa shape index (κ2) is 2.74. The summed E-state index contributed by atoms with van der Waals surface area (Å²) in [6, 6.07) is 8.31. The van der Waals surface area contributed by atoms with Gasteiger partial charge in [-0.2, -0.15) is 0 Å².